The molecule has 0 amide bonds. The minimum Gasteiger partial charge on any atom is -0.497 e. The van der Waals surface area contributed by atoms with Crippen molar-refractivity contribution < 1.29 is 4.74 Å². The van der Waals surface area contributed by atoms with Gasteiger partial charge in [-0.3, -0.25) is 0 Å². The van der Waals surface area contributed by atoms with Crippen molar-refractivity contribution in [2.45, 2.75) is 46.6 Å². The number of amidine groups is 1. The lowest BCUT2D eigenvalue weighted by atomic mass is 9.92. The normalized spacial score (nSPS) is 16.8. The van der Waals surface area contributed by atoms with E-state index in [4.69, 9.17) is 4.74 Å². The zero-order chi connectivity index (χ0) is 21.8. The average Bonchev–Trinajstić information content (AvgIpc) is 3.16. The Morgan fingerprint density at radius 3 is 2.63 bits per heavy atom. The maximum Gasteiger partial charge on any atom is 0.118 e. The van der Waals surface area contributed by atoms with Crippen molar-refractivity contribution in [3.05, 3.63) is 77.8 Å². The molecule has 2 rings (SSSR count). The van der Waals surface area contributed by atoms with Crippen LogP contribution in [-0.2, 0) is 6.54 Å². The molecule has 0 aliphatic carbocycles. The summed E-state index contributed by atoms with van der Waals surface area (Å²) < 4.78 is 5.22. The molecule has 1 atom stereocenters. The van der Waals surface area contributed by atoms with E-state index < -0.39 is 0 Å². The molecule has 1 heterocycles. The predicted octanol–water partition coefficient (Wildman–Crippen LogP) is 5.32. The standard InChI is InChI=1S/C25H36N4O/c1-6-9-10-21(16-22-18-27-25(24(22)8-3)26-15-7-2)19-29(4)28-17-20-11-13-23(30-5)14-12-20/h7,9-15,18-19,24,28H,6,8,16-17H2,1-5H3,(H,26,27)/b10-9-,15-7-,21-19+. The van der Waals surface area contributed by atoms with Gasteiger partial charge in [-0.05, 0) is 61.2 Å². The molecule has 30 heavy (non-hydrogen) atoms. The molecule has 1 aliphatic heterocycles. The van der Waals surface area contributed by atoms with Crippen molar-refractivity contribution in [2.75, 3.05) is 14.2 Å². The molecule has 1 aromatic rings. The Bertz CT molecular complexity index is 803. The summed E-state index contributed by atoms with van der Waals surface area (Å²) in [5, 5.41) is 5.35. The summed E-state index contributed by atoms with van der Waals surface area (Å²) in [6, 6.07) is 8.12. The fourth-order valence-corrected chi connectivity index (χ4v) is 3.35. The lowest BCUT2D eigenvalue weighted by molar-refractivity contribution is 0.321. The molecule has 5 nitrogen and oxygen atoms in total. The molecule has 1 aromatic carbocycles. The lowest BCUT2D eigenvalue weighted by Crippen LogP contribution is -2.29. The van der Waals surface area contributed by atoms with E-state index in [1.165, 1.54) is 16.7 Å². The van der Waals surface area contributed by atoms with Crippen LogP contribution in [0.15, 0.2) is 77.2 Å². The molecule has 0 radical (unpaired) electrons. The quantitative estimate of drug-likeness (QED) is 0.384. The summed E-state index contributed by atoms with van der Waals surface area (Å²) in [6.45, 7) is 7.13. The lowest BCUT2D eigenvalue weighted by Gasteiger charge is -2.20. The first-order valence-corrected chi connectivity index (χ1v) is 10.7. The Labute approximate surface area is 181 Å². The third-order valence-corrected chi connectivity index (χ3v) is 4.98. The summed E-state index contributed by atoms with van der Waals surface area (Å²) in [5.41, 5.74) is 7.26. The zero-order valence-electron chi connectivity index (χ0n) is 19.0. The molecule has 162 valence electrons. The number of hydrazine groups is 1. The van der Waals surface area contributed by atoms with E-state index in [-0.39, 0.29) is 0 Å². The van der Waals surface area contributed by atoms with Crippen molar-refractivity contribution in [3.8, 4) is 5.75 Å². The summed E-state index contributed by atoms with van der Waals surface area (Å²) in [6.07, 6.45) is 15.5. The van der Waals surface area contributed by atoms with E-state index in [9.17, 15) is 0 Å². The van der Waals surface area contributed by atoms with Crippen LogP contribution >= 0.6 is 0 Å². The Balaban J connectivity index is 2.01. The average molecular weight is 409 g/mol. The Morgan fingerprint density at radius 1 is 1.23 bits per heavy atom. The van der Waals surface area contributed by atoms with E-state index in [0.717, 1.165) is 37.4 Å². The number of aliphatic imine (C=N–C) groups is 1. The third-order valence-electron chi connectivity index (χ3n) is 4.98. The van der Waals surface area contributed by atoms with Gasteiger partial charge in [-0.25, -0.2) is 10.4 Å². The van der Waals surface area contributed by atoms with Crippen LogP contribution in [-0.4, -0.2) is 25.0 Å². The van der Waals surface area contributed by atoms with Gasteiger partial charge in [0.05, 0.1) is 7.11 Å². The van der Waals surface area contributed by atoms with Crippen molar-refractivity contribution >= 4 is 5.84 Å². The monoisotopic (exact) mass is 408 g/mol. The van der Waals surface area contributed by atoms with E-state index in [0.29, 0.717) is 5.92 Å². The fourth-order valence-electron chi connectivity index (χ4n) is 3.35. The number of methoxy groups -OCH3 is 1. The number of allylic oxidation sites excluding steroid dienone is 4. The van der Waals surface area contributed by atoms with Gasteiger partial charge in [0, 0.05) is 31.9 Å². The minimum atomic E-state index is 0.345. The molecule has 0 saturated heterocycles. The second kappa shape index (κ2) is 12.7. The molecule has 0 bridgehead atoms. The van der Waals surface area contributed by atoms with Gasteiger partial charge in [-0.1, -0.05) is 44.2 Å². The molecular weight excluding hydrogens is 372 g/mol. The molecule has 0 saturated carbocycles. The molecule has 5 heteroatoms. The molecule has 2 N–H and O–H groups in total. The number of benzene rings is 1. The van der Waals surface area contributed by atoms with Gasteiger partial charge >= 0.3 is 0 Å². The third kappa shape index (κ3) is 7.23. The van der Waals surface area contributed by atoms with Crippen LogP contribution in [0.25, 0.3) is 0 Å². The van der Waals surface area contributed by atoms with Crippen LogP contribution in [0.5, 0.6) is 5.75 Å². The van der Waals surface area contributed by atoms with Crippen LogP contribution in [0.1, 0.15) is 45.6 Å². The number of hydrogen-bond acceptors (Lipinski definition) is 5. The second-order valence-electron chi connectivity index (χ2n) is 7.31. The van der Waals surface area contributed by atoms with E-state index in [2.05, 4.69) is 60.1 Å². The van der Waals surface area contributed by atoms with Crippen molar-refractivity contribution in [1.82, 2.24) is 15.8 Å². The smallest absolute Gasteiger partial charge is 0.118 e. The molecule has 1 aliphatic rings. The fraction of sp³-hybridized carbons (Fsp3) is 0.400. The topological polar surface area (TPSA) is 48.9 Å². The maximum absolute atomic E-state index is 5.22. The van der Waals surface area contributed by atoms with Gasteiger partial charge in [-0.15, -0.1) is 0 Å². The Kier molecular flexibility index (Phi) is 9.95. The van der Waals surface area contributed by atoms with Crippen LogP contribution in [0.3, 0.4) is 0 Å². The summed E-state index contributed by atoms with van der Waals surface area (Å²) in [7, 11) is 3.73. The number of rotatable bonds is 11. The molecule has 0 aromatic heterocycles. The highest BCUT2D eigenvalue weighted by molar-refractivity contribution is 5.90. The van der Waals surface area contributed by atoms with Gasteiger partial charge in [0.15, 0.2) is 0 Å². The van der Waals surface area contributed by atoms with E-state index >= 15 is 0 Å². The number of hydrogen-bond donors (Lipinski definition) is 2. The highest BCUT2D eigenvalue weighted by atomic mass is 16.5. The molecule has 1 unspecified atom stereocenters. The zero-order valence-corrected chi connectivity index (χ0v) is 19.0. The van der Waals surface area contributed by atoms with Gasteiger partial charge in [-0.2, -0.15) is 0 Å². The summed E-state index contributed by atoms with van der Waals surface area (Å²) >= 11 is 0. The highest BCUT2D eigenvalue weighted by Gasteiger charge is 2.23. The Hall–Kier alpha value is -2.79. The first kappa shape index (κ1) is 23.5. The SMILES string of the molecule is C/C=C\NC1=NC=C(CC(/C=C\CC)=C/N(C)NCc2ccc(OC)cc2)C1CC. The van der Waals surface area contributed by atoms with Crippen LogP contribution in [0.4, 0.5) is 0 Å². The van der Waals surface area contributed by atoms with Gasteiger partial charge < -0.3 is 15.1 Å². The van der Waals surface area contributed by atoms with Crippen LogP contribution in [0.2, 0.25) is 0 Å². The predicted molar refractivity (Wildman–Crippen MR) is 127 cm³/mol. The minimum absolute atomic E-state index is 0.345. The van der Waals surface area contributed by atoms with Gasteiger partial charge in [0.25, 0.3) is 0 Å². The molecule has 0 spiro atoms. The van der Waals surface area contributed by atoms with E-state index in [1.54, 1.807) is 7.11 Å². The number of ether oxygens (including phenoxy) is 1. The van der Waals surface area contributed by atoms with Crippen molar-refractivity contribution in [1.29, 1.82) is 0 Å². The molecular formula is C25H36N4O. The first-order chi connectivity index (χ1) is 14.6. The van der Waals surface area contributed by atoms with Gasteiger partial charge in [0.2, 0.25) is 0 Å². The van der Waals surface area contributed by atoms with Crippen LogP contribution in [0, 0.1) is 5.92 Å². The summed E-state index contributed by atoms with van der Waals surface area (Å²) in [5.74, 6) is 2.26. The molecule has 0 fully saturated rings. The van der Waals surface area contributed by atoms with Crippen molar-refractivity contribution in [3.63, 3.8) is 0 Å². The number of nitrogens with one attached hydrogen (secondary N) is 2. The first-order valence-electron chi connectivity index (χ1n) is 10.7. The van der Waals surface area contributed by atoms with Gasteiger partial charge in [0.1, 0.15) is 11.6 Å². The summed E-state index contributed by atoms with van der Waals surface area (Å²) in [4.78, 5) is 4.61. The second-order valence-corrected chi connectivity index (χ2v) is 7.31. The largest absolute Gasteiger partial charge is 0.497 e. The Morgan fingerprint density at radius 2 is 2.00 bits per heavy atom. The maximum atomic E-state index is 5.22. The highest BCUT2D eigenvalue weighted by Crippen LogP contribution is 2.28. The van der Waals surface area contributed by atoms with Crippen molar-refractivity contribution in [2.24, 2.45) is 10.9 Å². The van der Waals surface area contributed by atoms with E-state index in [1.807, 2.05) is 49.6 Å². The number of nitrogens with zero attached hydrogens (tertiary/aromatic N) is 2. The van der Waals surface area contributed by atoms with Crippen LogP contribution < -0.4 is 15.5 Å².